The molecule has 0 atom stereocenters. The van der Waals surface area contributed by atoms with Crippen molar-refractivity contribution < 1.29 is 0 Å². The van der Waals surface area contributed by atoms with Crippen LogP contribution in [0.1, 0.15) is 12.8 Å². The van der Waals surface area contributed by atoms with Crippen LogP contribution in [0.5, 0.6) is 0 Å². The van der Waals surface area contributed by atoms with Gasteiger partial charge in [0.1, 0.15) is 0 Å². The summed E-state index contributed by atoms with van der Waals surface area (Å²) in [6.45, 7) is 4.16. The van der Waals surface area contributed by atoms with Gasteiger partial charge in [0.2, 0.25) is 5.95 Å². The standard InChI is InChI=1S/C16H25N5/c1-20(2)11-12-21-15-6-4-3-5-14(15)19-16(21)18-13-7-9-17-10-8-13/h3-6,13,17H,7-12H2,1-2H3,(H,18,19). The molecule has 2 aromatic rings. The minimum absolute atomic E-state index is 0.529. The predicted octanol–water partition coefficient (Wildman–Crippen LogP) is 1.76. The van der Waals surface area contributed by atoms with E-state index in [9.17, 15) is 0 Å². The topological polar surface area (TPSA) is 45.1 Å². The molecule has 0 radical (unpaired) electrons. The number of hydrogen-bond acceptors (Lipinski definition) is 4. The van der Waals surface area contributed by atoms with E-state index < -0.39 is 0 Å². The molecule has 3 rings (SSSR count). The third-order valence-electron chi connectivity index (χ3n) is 4.10. The summed E-state index contributed by atoms with van der Waals surface area (Å²) < 4.78 is 2.32. The molecule has 2 N–H and O–H groups in total. The summed E-state index contributed by atoms with van der Waals surface area (Å²) in [5.41, 5.74) is 2.29. The first-order valence-electron chi connectivity index (χ1n) is 7.81. The lowest BCUT2D eigenvalue weighted by Gasteiger charge is -2.24. The van der Waals surface area contributed by atoms with E-state index in [0.29, 0.717) is 6.04 Å². The molecule has 114 valence electrons. The van der Waals surface area contributed by atoms with E-state index in [1.807, 2.05) is 0 Å². The smallest absolute Gasteiger partial charge is 0.204 e. The van der Waals surface area contributed by atoms with Gasteiger partial charge >= 0.3 is 0 Å². The minimum Gasteiger partial charge on any atom is -0.353 e. The second-order valence-electron chi connectivity index (χ2n) is 6.05. The fraction of sp³-hybridized carbons (Fsp3) is 0.562. The molecule has 1 aromatic heterocycles. The van der Waals surface area contributed by atoms with E-state index in [1.165, 1.54) is 5.52 Å². The monoisotopic (exact) mass is 287 g/mol. The highest BCUT2D eigenvalue weighted by Crippen LogP contribution is 2.21. The van der Waals surface area contributed by atoms with Crippen molar-refractivity contribution in [3.63, 3.8) is 0 Å². The van der Waals surface area contributed by atoms with Crippen molar-refractivity contribution in [2.24, 2.45) is 0 Å². The lowest BCUT2D eigenvalue weighted by atomic mass is 10.1. The molecule has 1 aromatic carbocycles. The summed E-state index contributed by atoms with van der Waals surface area (Å²) in [7, 11) is 4.22. The van der Waals surface area contributed by atoms with Crippen LogP contribution in [0.3, 0.4) is 0 Å². The lowest BCUT2D eigenvalue weighted by molar-refractivity contribution is 0.386. The highest BCUT2D eigenvalue weighted by Gasteiger charge is 2.17. The van der Waals surface area contributed by atoms with Crippen molar-refractivity contribution in [1.82, 2.24) is 19.8 Å². The Kier molecular flexibility index (Phi) is 4.41. The quantitative estimate of drug-likeness (QED) is 0.879. The Labute approximate surface area is 126 Å². The predicted molar refractivity (Wildman–Crippen MR) is 87.8 cm³/mol. The van der Waals surface area contributed by atoms with Gasteiger partial charge in [0.15, 0.2) is 0 Å². The number of para-hydroxylation sites is 2. The molecule has 2 heterocycles. The van der Waals surface area contributed by atoms with Gasteiger partial charge in [0, 0.05) is 19.1 Å². The van der Waals surface area contributed by atoms with Gasteiger partial charge in [0.05, 0.1) is 11.0 Å². The van der Waals surface area contributed by atoms with Gasteiger partial charge in [-0.15, -0.1) is 0 Å². The van der Waals surface area contributed by atoms with E-state index in [4.69, 9.17) is 4.98 Å². The molecule has 1 fully saturated rings. The number of imidazole rings is 1. The maximum absolute atomic E-state index is 4.80. The van der Waals surface area contributed by atoms with E-state index in [-0.39, 0.29) is 0 Å². The zero-order chi connectivity index (χ0) is 14.7. The second-order valence-corrected chi connectivity index (χ2v) is 6.05. The number of fused-ring (bicyclic) bond motifs is 1. The summed E-state index contributed by atoms with van der Waals surface area (Å²) in [5, 5.41) is 7.06. The molecule has 5 heteroatoms. The molecule has 1 saturated heterocycles. The molecule has 5 nitrogen and oxygen atoms in total. The van der Waals surface area contributed by atoms with Crippen LogP contribution in [-0.2, 0) is 6.54 Å². The molecule has 21 heavy (non-hydrogen) atoms. The van der Waals surface area contributed by atoms with Gasteiger partial charge in [-0.1, -0.05) is 12.1 Å². The van der Waals surface area contributed by atoms with Crippen molar-refractivity contribution in [3.05, 3.63) is 24.3 Å². The Morgan fingerprint density at radius 1 is 1.29 bits per heavy atom. The fourth-order valence-electron chi connectivity index (χ4n) is 2.86. The lowest BCUT2D eigenvalue weighted by Crippen LogP contribution is -2.36. The van der Waals surface area contributed by atoms with Crippen LogP contribution in [0.4, 0.5) is 5.95 Å². The number of hydrogen-bond donors (Lipinski definition) is 2. The molecule has 0 aliphatic carbocycles. The second kappa shape index (κ2) is 6.45. The van der Waals surface area contributed by atoms with Gasteiger partial charge in [-0.05, 0) is 52.2 Å². The van der Waals surface area contributed by atoms with Crippen LogP contribution in [-0.4, -0.2) is 54.2 Å². The van der Waals surface area contributed by atoms with Crippen molar-refractivity contribution in [2.45, 2.75) is 25.4 Å². The number of aromatic nitrogens is 2. The molecule has 0 bridgehead atoms. The van der Waals surface area contributed by atoms with Crippen LogP contribution in [0.15, 0.2) is 24.3 Å². The Balaban J connectivity index is 1.86. The number of benzene rings is 1. The number of anilines is 1. The number of nitrogens with zero attached hydrogens (tertiary/aromatic N) is 3. The minimum atomic E-state index is 0.529. The maximum Gasteiger partial charge on any atom is 0.204 e. The fourth-order valence-corrected chi connectivity index (χ4v) is 2.86. The Hall–Kier alpha value is -1.59. The molecular weight excluding hydrogens is 262 g/mol. The largest absolute Gasteiger partial charge is 0.353 e. The van der Waals surface area contributed by atoms with Gasteiger partial charge in [-0.2, -0.15) is 0 Å². The first kappa shape index (κ1) is 14.4. The first-order chi connectivity index (χ1) is 10.2. The number of likely N-dealkylation sites (N-methyl/N-ethyl adjacent to an activating group) is 1. The zero-order valence-corrected chi connectivity index (χ0v) is 13.0. The maximum atomic E-state index is 4.80. The van der Waals surface area contributed by atoms with Crippen molar-refractivity contribution >= 4 is 17.0 Å². The number of nitrogens with one attached hydrogen (secondary N) is 2. The van der Waals surface area contributed by atoms with Crippen LogP contribution in [0.2, 0.25) is 0 Å². The average Bonchev–Trinajstić information content (AvgIpc) is 2.83. The Morgan fingerprint density at radius 3 is 2.81 bits per heavy atom. The average molecular weight is 287 g/mol. The summed E-state index contributed by atoms with van der Waals surface area (Å²) in [5.74, 6) is 1.02. The van der Waals surface area contributed by atoms with Crippen LogP contribution >= 0.6 is 0 Å². The molecule has 0 unspecified atom stereocenters. The van der Waals surface area contributed by atoms with Crippen molar-refractivity contribution in [2.75, 3.05) is 39.0 Å². The van der Waals surface area contributed by atoms with E-state index in [2.05, 4.69) is 58.5 Å². The Morgan fingerprint density at radius 2 is 2.05 bits per heavy atom. The number of piperidine rings is 1. The van der Waals surface area contributed by atoms with Gasteiger partial charge in [-0.25, -0.2) is 4.98 Å². The van der Waals surface area contributed by atoms with Crippen LogP contribution < -0.4 is 10.6 Å². The summed E-state index contributed by atoms with van der Waals surface area (Å²) >= 11 is 0. The van der Waals surface area contributed by atoms with Crippen LogP contribution in [0.25, 0.3) is 11.0 Å². The van der Waals surface area contributed by atoms with E-state index >= 15 is 0 Å². The van der Waals surface area contributed by atoms with Crippen LogP contribution in [0, 0.1) is 0 Å². The van der Waals surface area contributed by atoms with Crippen molar-refractivity contribution in [3.8, 4) is 0 Å². The van der Waals surface area contributed by atoms with Gasteiger partial charge < -0.3 is 20.1 Å². The molecule has 1 aliphatic heterocycles. The van der Waals surface area contributed by atoms with E-state index in [1.54, 1.807) is 0 Å². The highest BCUT2D eigenvalue weighted by atomic mass is 15.2. The third-order valence-corrected chi connectivity index (χ3v) is 4.10. The molecule has 0 spiro atoms. The molecule has 1 aliphatic rings. The molecular formula is C16H25N5. The zero-order valence-electron chi connectivity index (χ0n) is 13.0. The van der Waals surface area contributed by atoms with E-state index in [0.717, 1.165) is 50.5 Å². The SMILES string of the molecule is CN(C)CCn1c(NC2CCNCC2)nc2ccccc21. The Bertz CT molecular complexity index is 583. The summed E-state index contributed by atoms with van der Waals surface area (Å²) in [4.78, 5) is 7.01. The van der Waals surface area contributed by atoms with Gasteiger partial charge in [0.25, 0.3) is 0 Å². The highest BCUT2D eigenvalue weighted by molar-refractivity contribution is 5.78. The molecule has 0 amide bonds. The van der Waals surface area contributed by atoms with Crippen molar-refractivity contribution in [1.29, 1.82) is 0 Å². The van der Waals surface area contributed by atoms with Gasteiger partial charge in [-0.3, -0.25) is 0 Å². The first-order valence-corrected chi connectivity index (χ1v) is 7.81. The molecule has 0 saturated carbocycles. The normalized spacial score (nSPS) is 16.7. The number of rotatable bonds is 5. The summed E-state index contributed by atoms with van der Waals surface area (Å²) in [6, 6.07) is 8.92. The third kappa shape index (κ3) is 3.36. The summed E-state index contributed by atoms with van der Waals surface area (Å²) in [6.07, 6.45) is 2.33.